The molecule has 17 heavy (non-hydrogen) atoms. The summed E-state index contributed by atoms with van der Waals surface area (Å²) in [6.07, 6.45) is 1.59. The first-order valence-corrected chi connectivity index (χ1v) is 5.20. The first kappa shape index (κ1) is 11.2. The van der Waals surface area contributed by atoms with Gasteiger partial charge in [-0.15, -0.1) is 0 Å². The number of nitrogen functional groups attached to an aromatic ring is 1. The van der Waals surface area contributed by atoms with Crippen molar-refractivity contribution in [2.24, 2.45) is 0 Å². The average molecular weight is 231 g/mol. The SMILES string of the molecule is CC(=O)c1ccc(NCc2ccno2)cc1N. The van der Waals surface area contributed by atoms with Crippen LogP contribution in [0.3, 0.4) is 0 Å². The van der Waals surface area contributed by atoms with Crippen molar-refractivity contribution in [3.05, 3.63) is 41.8 Å². The highest BCUT2D eigenvalue weighted by molar-refractivity contribution is 5.99. The summed E-state index contributed by atoms with van der Waals surface area (Å²) in [4.78, 5) is 11.2. The second-order valence-corrected chi connectivity index (χ2v) is 3.69. The summed E-state index contributed by atoms with van der Waals surface area (Å²) >= 11 is 0. The topological polar surface area (TPSA) is 81.2 Å². The quantitative estimate of drug-likeness (QED) is 0.621. The van der Waals surface area contributed by atoms with E-state index in [1.807, 2.05) is 6.07 Å². The number of nitrogens with zero attached hydrogens (tertiary/aromatic N) is 1. The molecule has 2 rings (SSSR count). The molecule has 1 aromatic carbocycles. The monoisotopic (exact) mass is 231 g/mol. The lowest BCUT2D eigenvalue weighted by Crippen LogP contribution is -2.03. The second-order valence-electron chi connectivity index (χ2n) is 3.69. The third kappa shape index (κ3) is 2.63. The molecule has 0 fully saturated rings. The van der Waals surface area contributed by atoms with Crippen LogP contribution in [0.1, 0.15) is 23.0 Å². The fourth-order valence-electron chi connectivity index (χ4n) is 1.52. The fourth-order valence-corrected chi connectivity index (χ4v) is 1.52. The number of hydrogen-bond acceptors (Lipinski definition) is 5. The van der Waals surface area contributed by atoms with E-state index in [4.69, 9.17) is 10.3 Å². The van der Waals surface area contributed by atoms with Crippen molar-refractivity contribution >= 4 is 17.2 Å². The van der Waals surface area contributed by atoms with Crippen LogP contribution in [0, 0.1) is 0 Å². The summed E-state index contributed by atoms with van der Waals surface area (Å²) in [5.74, 6) is 0.698. The lowest BCUT2D eigenvalue weighted by atomic mass is 10.1. The maximum atomic E-state index is 11.2. The van der Waals surface area contributed by atoms with Crippen LogP contribution in [0.25, 0.3) is 0 Å². The van der Waals surface area contributed by atoms with Crippen molar-refractivity contribution in [3.8, 4) is 0 Å². The normalized spacial score (nSPS) is 10.2. The summed E-state index contributed by atoms with van der Waals surface area (Å²) in [5, 5.41) is 6.73. The van der Waals surface area contributed by atoms with Crippen molar-refractivity contribution in [2.45, 2.75) is 13.5 Å². The molecule has 1 heterocycles. The molecule has 88 valence electrons. The van der Waals surface area contributed by atoms with Gasteiger partial charge >= 0.3 is 0 Å². The molecular formula is C12H13N3O2. The van der Waals surface area contributed by atoms with E-state index in [0.717, 1.165) is 11.4 Å². The number of carbonyl (C=O) groups excluding carboxylic acids is 1. The highest BCUT2D eigenvalue weighted by atomic mass is 16.5. The van der Waals surface area contributed by atoms with Gasteiger partial charge in [-0.2, -0.15) is 0 Å². The van der Waals surface area contributed by atoms with Gasteiger partial charge in [-0.3, -0.25) is 4.79 Å². The minimum atomic E-state index is -0.0377. The summed E-state index contributed by atoms with van der Waals surface area (Å²) in [5.41, 5.74) is 7.62. The first-order chi connectivity index (χ1) is 8.16. The number of anilines is 2. The molecular weight excluding hydrogens is 218 g/mol. The first-order valence-electron chi connectivity index (χ1n) is 5.20. The summed E-state index contributed by atoms with van der Waals surface area (Å²) in [7, 11) is 0. The molecule has 0 aliphatic rings. The van der Waals surface area contributed by atoms with Crippen molar-refractivity contribution < 1.29 is 9.32 Å². The molecule has 0 aliphatic heterocycles. The number of nitrogens with one attached hydrogen (secondary N) is 1. The molecule has 5 heteroatoms. The standard InChI is InChI=1S/C12H13N3O2/c1-8(16)11-3-2-9(6-12(11)13)14-7-10-4-5-15-17-10/h2-6,14H,7,13H2,1H3. The number of benzene rings is 1. The van der Waals surface area contributed by atoms with Gasteiger partial charge in [-0.05, 0) is 25.1 Å². The number of Topliss-reactive ketones (excluding diaryl/α,β-unsaturated/α-hetero) is 1. The Kier molecular flexibility index (Phi) is 3.09. The molecule has 5 nitrogen and oxygen atoms in total. The van der Waals surface area contributed by atoms with Gasteiger partial charge in [-0.1, -0.05) is 5.16 Å². The second kappa shape index (κ2) is 4.69. The summed E-state index contributed by atoms with van der Waals surface area (Å²) in [6, 6.07) is 7.03. The van der Waals surface area contributed by atoms with Gasteiger partial charge in [0, 0.05) is 23.0 Å². The largest absolute Gasteiger partial charge is 0.398 e. The molecule has 2 aromatic rings. The number of aromatic nitrogens is 1. The van der Waals surface area contributed by atoms with Gasteiger partial charge in [0.1, 0.15) is 0 Å². The maximum Gasteiger partial charge on any atom is 0.161 e. The number of hydrogen-bond donors (Lipinski definition) is 2. The lowest BCUT2D eigenvalue weighted by Gasteiger charge is -2.07. The zero-order chi connectivity index (χ0) is 12.3. The number of carbonyl (C=O) groups is 1. The molecule has 0 radical (unpaired) electrons. The van der Waals surface area contributed by atoms with Crippen LogP contribution in [0.5, 0.6) is 0 Å². The predicted octanol–water partition coefficient (Wildman–Crippen LogP) is 2.07. The van der Waals surface area contributed by atoms with E-state index in [1.54, 1.807) is 24.4 Å². The average Bonchev–Trinajstić information content (AvgIpc) is 2.78. The van der Waals surface area contributed by atoms with Gasteiger partial charge in [0.25, 0.3) is 0 Å². The van der Waals surface area contributed by atoms with Gasteiger partial charge in [0.2, 0.25) is 0 Å². The van der Waals surface area contributed by atoms with E-state index in [1.165, 1.54) is 6.92 Å². The van der Waals surface area contributed by atoms with Crippen LogP contribution in [0.4, 0.5) is 11.4 Å². The molecule has 0 aliphatic carbocycles. The third-order valence-corrected chi connectivity index (χ3v) is 2.39. The van der Waals surface area contributed by atoms with Crippen LogP contribution >= 0.6 is 0 Å². The number of rotatable bonds is 4. The Hall–Kier alpha value is -2.30. The fraction of sp³-hybridized carbons (Fsp3) is 0.167. The molecule has 0 amide bonds. The lowest BCUT2D eigenvalue weighted by molar-refractivity contribution is 0.101. The molecule has 0 atom stereocenters. The minimum absolute atomic E-state index is 0.0377. The summed E-state index contributed by atoms with van der Waals surface area (Å²) < 4.78 is 4.95. The Morgan fingerprint density at radius 2 is 2.29 bits per heavy atom. The van der Waals surface area contributed by atoms with E-state index in [-0.39, 0.29) is 5.78 Å². The zero-order valence-electron chi connectivity index (χ0n) is 9.43. The van der Waals surface area contributed by atoms with E-state index >= 15 is 0 Å². The van der Waals surface area contributed by atoms with Gasteiger partial charge < -0.3 is 15.6 Å². The molecule has 3 N–H and O–H groups in total. The van der Waals surface area contributed by atoms with Gasteiger partial charge in [0.05, 0.1) is 12.7 Å². The highest BCUT2D eigenvalue weighted by Crippen LogP contribution is 2.19. The van der Waals surface area contributed by atoms with Crippen LogP contribution < -0.4 is 11.1 Å². The summed E-state index contributed by atoms with van der Waals surface area (Å²) in [6.45, 7) is 2.02. The highest BCUT2D eigenvalue weighted by Gasteiger charge is 2.05. The Morgan fingerprint density at radius 3 is 2.88 bits per heavy atom. The smallest absolute Gasteiger partial charge is 0.161 e. The van der Waals surface area contributed by atoms with Crippen LogP contribution in [-0.2, 0) is 6.54 Å². The molecule has 0 spiro atoms. The molecule has 0 unspecified atom stereocenters. The van der Waals surface area contributed by atoms with E-state index in [2.05, 4.69) is 10.5 Å². The van der Waals surface area contributed by atoms with Gasteiger partial charge in [-0.25, -0.2) is 0 Å². The van der Waals surface area contributed by atoms with Crippen LogP contribution in [-0.4, -0.2) is 10.9 Å². The van der Waals surface area contributed by atoms with Crippen molar-refractivity contribution in [1.82, 2.24) is 5.16 Å². The van der Waals surface area contributed by atoms with Crippen molar-refractivity contribution in [2.75, 3.05) is 11.1 Å². The predicted molar refractivity (Wildman–Crippen MR) is 64.7 cm³/mol. The van der Waals surface area contributed by atoms with E-state index < -0.39 is 0 Å². The maximum absolute atomic E-state index is 11.2. The zero-order valence-corrected chi connectivity index (χ0v) is 9.43. The molecule has 1 aromatic heterocycles. The van der Waals surface area contributed by atoms with E-state index in [9.17, 15) is 4.79 Å². The molecule has 0 bridgehead atoms. The van der Waals surface area contributed by atoms with Crippen molar-refractivity contribution in [3.63, 3.8) is 0 Å². The van der Waals surface area contributed by atoms with Gasteiger partial charge in [0.15, 0.2) is 11.5 Å². The third-order valence-electron chi connectivity index (χ3n) is 2.39. The van der Waals surface area contributed by atoms with E-state index in [0.29, 0.717) is 17.8 Å². The Morgan fingerprint density at radius 1 is 1.47 bits per heavy atom. The Balaban J connectivity index is 2.07. The Bertz CT molecular complexity index is 521. The number of nitrogens with two attached hydrogens (primary N) is 1. The van der Waals surface area contributed by atoms with Crippen molar-refractivity contribution in [1.29, 1.82) is 0 Å². The van der Waals surface area contributed by atoms with Crippen LogP contribution in [0.15, 0.2) is 35.0 Å². The van der Waals surface area contributed by atoms with Crippen LogP contribution in [0.2, 0.25) is 0 Å². The Labute approximate surface area is 98.6 Å². The minimum Gasteiger partial charge on any atom is -0.398 e. The number of ketones is 1. The molecule has 0 saturated carbocycles. The molecule has 0 saturated heterocycles.